The van der Waals surface area contributed by atoms with E-state index >= 15 is 0 Å². The van der Waals surface area contributed by atoms with Crippen LogP contribution in [0, 0.1) is 5.41 Å². The van der Waals surface area contributed by atoms with Crippen LogP contribution in [0.4, 0.5) is 0 Å². The molecule has 0 spiro atoms. The summed E-state index contributed by atoms with van der Waals surface area (Å²) in [5.74, 6) is 0. The van der Waals surface area contributed by atoms with Gasteiger partial charge in [-0.3, -0.25) is 0 Å². The predicted molar refractivity (Wildman–Crippen MR) is 78.0 cm³/mol. The van der Waals surface area contributed by atoms with Crippen molar-refractivity contribution in [3.05, 3.63) is 0 Å². The van der Waals surface area contributed by atoms with E-state index in [-0.39, 0.29) is 0 Å². The molecule has 1 aliphatic heterocycles. The molecule has 1 saturated heterocycles. The lowest BCUT2D eigenvalue weighted by atomic mass is 9.96. The molecule has 0 aliphatic carbocycles. The molecule has 1 rings (SSSR count). The van der Waals surface area contributed by atoms with E-state index < -0.39 is 0 Å². The Morgan fingerprint density at radius 2 is 1.83 bits per heavy atom. The largest absolute Gasteiger partial charge is 0.372 e. The maximum atomic E-state index is 6.09. The summed E-state index contributed by atoms with van der Waals surface area (Å²) in [7, 11) is 2.20. The molecule has 2 atom stereocenters. The topological polar surface area (TPSA) is 24.5 Å². The third-order valence-electron chi connectivity index (χ3n) is 3.21. The van der Waals surface area contributed by atoms with Crippen molar-refractivity contribution in [2.75, 3.05) is 26.7 Å². The molecular weight excluding hydrogens is 224 g/mol. The Morgan fingerprint density at radius 1 is 1.22 bits per heavy atom. The molecule has 0 saturated carbocycles. The first-order chi connectivity index (χ1) is 8.26. The summed E-state index contributed by atoms with van der Waals surface area (Å²) < 4.78 is 6.09. The zero-order chi connectivity index (χ0) is 13.8. The van der Waals surface area contributed by atoms with Gasteiger partial charge in [-0.15, -0.1) is 0 Å². The van der Waals surface area contributed by atoms with Crippen molar-refractivity contribution < 1.29 is 4.74 Å². The van der Waals surface area contributed by atoms with Gasteiger partial charge in [-0.25, -0.2) is 0 Å². The number of ether oxygens (including phenoxy) is 1. The number of hydrogen-bond donors (Lipinski definition) is 1. The first-order valence-electron chi connectivity index (χ1n) is 7.33. The summed E-state index contributed by atoms with van der Waals surface area (Å²) in [6.45, 7) is 14.4. The molecule has 1 N–H and O–H groups in total. The average molecular weight is 256 g/mol. The van der Waals surface area contributed by atoms with Gasteiger partial charge in [-0.05, 0) is 25.3 Å². The fourth-order valence-electron chi connectivity index (χ4n) is 2.65. The Morgan fingerprint density at radius 3 is 2.39 bits per heavy atom. The van der Waals surface area contributed by atoms with Gasteiger partial charge in [-0.1, -0.05) is 34.6 Å². The summed E-state index contributed by atoms with van der Waals surface area (Å²) in [6, 6.07) is 0.552. The fourth-order valence-corrected chi connectivity index (χ4v) is 2.65. The van der Waals surface area contributed by atoms with Gasteiger partial charge in [0.2, 0.25) is 0 Å². The second-order valence-electron chi connectivity index (χ2n) is 7.28. The maximum Gasteiger partial charge on any atom is 0.0707 e. The molecule has 3 nitrogen and oxygen atoms in total. The summed E-state index contributed by atoms with van der Waals surface area (Å²) in [5, 5.41) is 3.46. The lowest BCUT2D eigenvalue weighted by Crippen LogP contribution is -2.36. The third-order valence-corrected chi connectivity index (χ3v) is 3.21. The van der Waals surface area contributed by atoms with Crippen LogP contribution in [0.3, 0.4) is 0 Å². The van der Waals surface area contributed by atoms with Crippen LogP contribution >= 0.6 is 0 Å². The zero-order valence-corrected chi connectivity index (χ0v) is 13.1. The fraction of sp³-hybridized carbons (Fsp3) is 1.00. The third kappa shape index (κ3) is 6.72. The average Bonchev–Trinajstić information content (AvgIpc) is 2.59. The van der Waals surface area contributed by atoms with Crippen LogP contribution < -0.4 is 5.32 Å². The Bertz CT molecular complexity index is 235. The minimum Gasteiger partial charge on any atom is -0.372 e. The lowest BCUT2D eigenvalue weighted by Gasteiger charge is -2.28. The normalized spacial score (nSPS) is 25.3. The van der Waals surface area contributed by atoms with Crippen LogP contribution in [-0.4, -0.2) is 49.8 Å². The molecule has 1 aliphatic rings. The molecule has 18 heavy (non-hydrogen) atoms. The molecule has 1 heterocycles. The molecule has 0 amide bonds. The zero-order valence-electron chi connectivity index (χ0n) is 13.1. The minimum absolute atomic E-state index is 0.367. The number of hydrogen-bond acceptors (Lipinski definition) is 3. The number of nitrogens with zero attached hydrogens (tertiary/aromatic N) is 1. The smallest absolute Gasteiger partial charge is 0.0707 e. The summed E-state index contributed by atoms with van der Waals surface area (Å²) in [4.78, 5) is 2.41. The van der Waals surface area contributed by atoms with Crippen molar-refractivity contribution in [3.8, 4) is 0 Å². The Kier molecular flexibility index (Phi) is 6.09. The van der Waals surface area contributed by atoms with Gasteiger partial charge in [0, 0.05) is 25.7 Å². The highest BCUT2D eigenvalue weighted by Gasteiger charge is 2.26. The van der Waals surface area contributed by atoms with E-state index in [1.807, 2.05) is 0 Å². The van der Waals surface area contributed by atoms with Gasteiger partial charge in [0.1, 0.15) is 0 Å². The molecule has 2 unspecified atom stereocenters. The van der Waals surface area contributed by atoms with E-state index in [2.05, 4.69) is 51.9 Å². The molecule has 1 fully saturated rings. The maximum absolute atomic E-state index is 6.09. The van der Waals surface area contributed by atoms with Crippen LogP contribution in [0.2, 0.25) is 0 Å². The highest BCUT2D eigenvalue weighted by molar-refractivity contribution is 4.79. The molecule has 0 aromatic rings. The second kappa shape index (κ2) is 6.88. The summed E-state index contributed by atoms with van der Waals surface area (Å²) in [5.41, 5.74) is 0.367. The highest BCUT2D eigenvalue weighted by Crippen LogP contribution is 2.21. The van der Waals surface area contributed by atoms with Crippen LogP contribution in [-0.2, 0) is 4.74 Å². The molecule has 3 heteroatoms. The van der Waals surface area contributed by atoms with E-state index in [1.54, 1.807) is 0 Å². The monoisotopic (exact) mass is 256 g/mol. The van der Waals surface area contributed by atoms with Crippen molar-refractivity contribution in [1.29, 1.82) is 0 Å². The Balaban J connectivity index is 2.21. The van der Waals surface area contributed by atoms with Gasteiger partial charge in [0.25, 0.3) is 0 Å². The molecule has 0 aromatic carbocycles. The summed E-state index contributed by atoms with van der Waals surface area (Å²) >= 11 is 0. The van der Waals surface area contributed by atoms with Crippen LogP contribution in [0.25, 0.3) is 0 Å². The van der Waals surface area contributed by atoms with Crippen molar-refractivity contribution in [1.82, 2.24) is 10.2 Å². The molecule has 0 aromatic heterocycles. The first-order valence-corrected chi connectivity index (χ1v) is 7.33. The van der Waals surface area contributed by atoms with Crippen molar-refractivity contribution in [2.45, 2.75) is 65.7 Å². The van der Waals surface area contributed by atoms with E-state index in [4.69, 9.17) is 4.74 Å². The molecule has 0 radical (unpaired) electrons. The molecular formula is C15H32N2O. The van der Waals surface area contributed by atoms with E-state index in [0.717, 1.165) is 19.6 Å². The van der Waals surface area contributed by atoms with Crippen LogP contribution in [0.5, 0.6) is 0 Å². The quantitative estimate of drug-likeness (QED) is 0.790. The molecule has 0 bridgehead atoms. The van der Waals surface area contributed by atoms with E-state index in [1.165, 1.54) is 12.8 Å². The van der Waals surface area contributed by atoms with Gasteiger partial charge < -0.3 is 15.0 Å². The number of rotatable bonds is 6. The van der Waals surface area contributed by atoms with Gasteiger partial charge in [-0.2, -0.15) is 0 Å². The Hall–Kier alpha value is -0.120. The lowest BCUT2D eigenvalue weighted by molar-refractivity contribution is 0.0224. The van der Waals surface area contributed by atoms with E-state index in [0.29, 0.717) is 23.7 Å². The Labute approximate surface area is 113 Å². The second-order valence-corrected chi connectivity index (χ2v) is 7.28. The van der Waals surface area contributed by atoms with E-state index in [9.17, 15) is 0 Å². The SMILES string of the molecule is CC(C)NCC1CCC(CN(C)CC(C)(C)C)O1. The van der Waals surface area contributed by atoms with Crippen molar-refractivity contribution in [2.24, 2.45) is 5.41 Å². The minimum atomic E-state index is 0.367. The van der Waals surface area contributed by atoms with Crippen LogP contribution in [0.1, 0.15) is 47.5 Å². The van der Waals surface area contributed by atoms with Gasteiger partial charge in [0.05, 0.1) is 12.2 Å². The first kappa shape index (κ1) is 15.9. The predicted octanol–water partition coefficient (Wildman–Crippen LogP) is 2.51. The van der Waals surface area contributed by atoms with Gasteiger partial charge in [0.15, 0.2) is 0 Å². The van der Waals surface area contributed by atoms with Crippen molar-refractivity contribution in [3.63, 3.8) is 0 Å². The van der Waals surface area contributed by atoms with Gasteiger partial charge >= 0.3 is 0 Å². The highest BCUT2D eigenvalue weighted by atomic mass is 16.5. The summed E-state index contributed by atoms with van der Waals surface area (Å²) in [6.07, 6.45) is 3.25. The van der Waals surface area contributed by atoms with Crippen LogP contribution in [0.15, 0.2) is 0 Å². The molecule has 108 valence electrons. The standard InChI is InChI=1S/C15H32N2O/c1-12(2)16-9-13-7-8-14(18-13)10-17(6)11-15(3,4)5/h12-14,16H,7-11H2,1-6H3. The van der Waals surface area contributed by atoms with Crippen molar-refractivity contribution >= 4 is 0 Å². The number of nitrogens with one attached hydrogen (secondary N) is 1. The number of likely N-dealkylation sites (N-methyl/N-ethyl adjacent to an activating group) is 1.